The predicted molar refractivity (Wildman–Crippen MR) is 126 cm³/mol. The number of hydrogen-bond acceptors (Lipinski definition) is 4. The molecule has 2 aromatic heterocycles. The summed E-state index contributed by atoms with van der Waals surface area (Å²) in [5.74, 6) is -0.0796. The molecular formula is C22H21ClN6S. The van der Waals surface area contributed by atoms with Crippen molar-refractivity contribution in [1.82, 2.24) is 9.55 Å². The summed E-state index contributed by atoms with van der Waals surface area (Å²) in [4.78, 5) is 4.67. The summed E-state index contributed by atoms with van der Waals surface area (Å²) in [6.07, 6.45) is 0. The molecule has 0 aliphatic rings. The van der Waals surface area contributed by atoms with Crippen molar-refractivity contribution >= 4 is 45.5 Å². The van der Waals surface area contributed by atoms with Crippen LogP contribution in [0.1, 0.15) is 23.2 Å². The van der Waals surface area contributed by atoms with E-state index >= 15 is 0 Å². The third kappa shape index (κ3) is 3.94. The largest absolute Gasteiger partial charge is 0.369 e. The fourth-order valence-corrected chi connectivity index (χ4v) is 4.30. The van der Waals surface area contributed by atoms with Gasteiger partial charge in [0.2, 0.25) is 5.96 Å². The zero-order valence-corrected chi connectivity index (χ0v) is 18.2. The van der Waals surface area contributed by atoms with E-state index in [1.807, 2.05) is 50.2 Å². The molecule has 0 saturated heterocycles. The Morgan fingerprint density at radius 1 is 1.10 bits per heavy atom. The number of halogens is 1. The number of fused-ring (bicyclic) bond motifs is 1. The van der Waals surface area contributed by atoms with Crippen molar-refractivity contribution in [3.8, 4) is 11.3 Å². The number of thiazole rings is 1. The SMILES string of the molecule is CC(=NN=C(N)N)c1c(-c2ccc(Cl)cc2)n(Cc2csc(C)n2)c2ccccc12. The quantitative estimate of drug-likeness (QED) is 0.268. The van der Waals surface area contributed by atoms with Crippen LogP contribution < -0.4 is 11.5 Å². The van der Waals surface area contributed by atoms with Gasteiger partial charge in [0.25, 0.3) is 0 Å². The highest BCUT2D eigenvalue weighted by Crippen LogP contribution is 2.35. The fourth-order valence-electron chi connectivity index (χ4n) is 3.57. The van der Waals surface area contributed by atoms with Gasteiger partial charge in [-0.15, -0.1) is 16.4 Å². The number of benzene rings is 2. The number of guanidine groups is 1. The number of hydrogen-bond donors (Lipinski definition) is 2. The van der Waals surface area contributed by atoms with Gasteiger partial charge in [-0.3, -0.25) is 0 Å². The van der Waals surface area contributed by atoms with Crippen LogP contribution in [-0.4, -0.2) is 21.2 Å². The standard InChI is InChI=1S/C22H21ClN6S/c1-13(27-28-22(24)25)20-18-5-3-4-6-19(18)29(11-17-12-30-14(2)26-17)21(20)15-7-9-16(23)10-8-15/h3-10,12H,11H2,1-2H3,(H4,24,25,28). The van der Waals surface area contributed by atoms with Gasteiger partial charge in [-0.1, -0.05) is 41.9 Å². The Morgan fingerprint density at radius 3 is 2.50 bits per heavy atom. The van der Waals surface area contributed by atoms with Crippen LogP contribution in [0.5, 0.6) is 0 Å². The molecule has 2 aromatic carbocycles. The minimum absolute atomic E-state index is 0.0796. The third-order valence-corrected chi connectivity index (χ3v) is 5.83. The summed E-state index contributed by atoms with van der Waals surface area (Å²) < 4.78 is 2.26. The highest BCUT2D eigenvalue weighted by Gasteiger charge is 2.21. The van der Waals surface area contributed by atoms with Crippen LogP contribution in [-0.2, 0) is 6.54 Å². The maximum atomic E-state index is 6.15. The monoisotopic (exact) mass is 436 g/mol. The number of para-hydroxylation sites is 1. The highest BCUT2D eigenvalue weighted by atomic mass is 35.5. The lowest BCUT2D eigenvalue weighted by Gasteiger charge is -2.12. The molecule has 0 aliphatic heterocycles. The Hall–Kier alpha value is -3.16. The van der Waals surface area contributed by atoms with Crippen molar-refractivity contribution in [2.24, 2.45) is 21.7 Å². The van der Waals surface area contributed by atoms with Crippen molar-refractivity contribution < 1.29 is 0 Å². The van der Waals surface area contributed by atoms with E-state index in [0.29, 0.717) is 11.6 Å². The molecule has 0 spiro atoms. The molecule has 0 saturated carbocycles. The first kappa shape index (κ1) is 20.1. The van der Waals surface area contributed by atoms with E-state index in [2.05, 4.69) is 37.3 Å². The topological polar surface area (TPSA) is 94.6 Å². The molecule has 6 nitrogen and oxygen atoms in total. The normalized spacial score (nSPS) is 11.8. The van der Waals surface area contributed by atoms with Gasteiger partial charge in [-0.25, -0.2) is 4.98 Å². The fraction of sp³-hybridized carbons (Fsp3) is 0.136. The van der Waals surface area contributed by atoms with Crippen LogP contribution in [0.3, 0.4) is 0 Å². The molecule has 0 unspecified atom stereocenters. The molecule has 4 rings (SSSR count). The maximum Gasteiger partial charge on any atom is 0.211 e. The van der Waals surface area contributed by atoms with Gasteiger partial charge in [0.15, 0.2) is 0 Å². The molecule has 0 aliphatic carbocycles. The maximum absolute atomic E-state index is 6.15. The molecule has 30 heavy (non-hydrogen) atoms. The van der Waals surface area contributed by atoms with Gasteiger partial charge < -0.3 is 16.0 Å². The lowest BCUT2D eigenvalue weighted by atomic mass is 10.0. The first-order valence-electron chi connectivity index (χ1n) is 9.35. The van der Waals surface area contributed by atoms with Gasteiger partial charge in [0.1, 0.15) is 0 Å². The van der Waals surface area contributed by atoms with E-state index in [9.17, 15) is 0 Å². The summed E-state index contributed by atoms with van der Waals surface area (Å²) >= 11 is 7.80. The van der Waals surface area contributed by atoms with Crippen molar-refractivity contribution in [2.45, 2.75) is 20.4 Å². The van der Waals surface area contributed by atoms with Crippen molar-refractivity contribution in [1.29, 1.82) is 0 Å². The molecule has 0 bridgehead atoms. The summed E-state index contributed by atoms with van der Waals surface area (Å²) in [5.41, 5.74) is 16.8. The van der Waals surface area contributed by atoms with Crippen molar-refractivity contribution in [3.05, 3.63) is 75.2 Å². The van der Waals surface area contributed by atoms with Gasteiger partial charge in [0.05, 0.1) is 28.7 Å². The number of aromatic nitrogens is 2. The first-order chi connectivity index (χ1) is 14.4. The zero-order valence-electron chi connectivity index (χ0n) is 16.6. The summed E-state index contributed by atoms with van der Waals surface area (Å²) in [6, 6.07) is 16.0. The van der Waals surface area contributed by atoms with Crippen LogP contribution >= 0.6 is 22.9 Å². The molecule has 4 aromatic rings. The average molecular weight is 437 g/mol. The Bertz CT molecular complexity index is 1260. The summed E-state index contributed by atoms with van der Waals surface area (Å²) in [7, 11) is 0. The highest BCUT2D eigenvalue weighted by molar-refractivity contribution is 7.09. The molecular weight excluding hydrogens is 416 g/mol. The van der Waals surface area contributed by atoms with Gasteiger partial charge in [-0.2, -0.15) is 5.10 Å². The average Bonchev–Trinajstić information content (AvgIpc) is 3.28. The van der Waals surface area contributed by atoms with E-state index in [4.69, 9.17) is 23.1 Å². The molecule has 152 valence electrons. The van der Waals surface area contributed by atoms with Gasteiger partial charge >= 0.3 is 0 Å². The minimum Gasteiger partial charge on any atom is -0.369 e. The Balaban J connectivity index is 2.03. The number of aryl methyl sites for hydroxylation is 1. The van der Waals surface area contributed by atoms with E-state index in [0.717, 1.165) is 44.1 Å². The van der Waals surface area contributed by atoms with E-state index in [1.165, 1.54) is 0 Å². The zero-order chi connectivity index (χ0) is 21.3. The number of nitrogens with two attached hydrogens (primary N) is 2. The second-order valence-electron chi connectivity index (χ2n) is 6.90. The third-order valence-electron chi connectivity index (χ3n) is 4.75. The lowest BCUT2D eigenvalue weighted by molar-refractivity contribution is 0.818. The Kier molecular flexibility index (Phi) is 5.57. The van der Waals surface area contributed by atoms with Gasteiger partial charge in [-0.05, 0) is 37.6 Å². The predicted octanol–water partition coefficient (Wildman–Crippen LogP) is 4.77. The molecule has 4 N–H and O–H groups in total. The van der Waals surface area contributed by atoms with E-state index < -0.39 is 0 Å². The molecule has 0 fully saturated rings. The Labute approximate surface area is 183 Å². The number of nitrogens with zero attached hydrogens (tertiary/aromatic N) is 4. The minimum atomic E-state index is -0.0796. The van der Waals surface area contributed by atoms with Crippen LogP contribution in [0, 0.1) is 6.92 Å². The second kappa shape index (κ2) is 8.30. The molecule has 2 heterocycles. The Morgan fingerprint density at radius 2 is 1.83 bits per heavy atom. The lowest BCUT2D eigenvalue weighted by Crippen LogP contribution is -2.22. The summed E-state index contributed by atoms with van der Waals surface area (Å²) in [5, 5.41) is 13.0. The second-order valence-corrected chi connectivity index (χ2v) is 8.40. The molecule has 8 heteroatoms. The van der Waals surface area contributed by atoms with Crippen LogP contribution in [0.15, 0.2) is 64.1 Å². The molecule has 0 radical (unpaired) electrons. The van der Waals surface area contributed by atoms with Crippen LogP contribution in [0.4, 0.5) is 0 Å². The van der Waals surface area contributed by atoms with Gasteiger partial charge in [0, 0.05) is 26.9 Å². The smallest absolute Gasteiger partial charge is 0.211 e. The first-order valence-corrected chi connectivity index (χ1v) is 10.6. The summed E-state index contributed by atoms with van der Waals surface area (Å²) in [6.45, 7) is 4.56. The van der Waals surface area contributed by atoms with Crippen LogP contribution in [0.2, 0.25) is 5.02 Å². The van der Waals surface area contributed by atoms with Crippen molar-refractivity contribution in [2.75, 3.05) is 0 Å². The van der Waals surface area contributed by atoms with Crippen LogP contribution in [0.25, 0.3) is 22.2 Å². The van der Waals surface area contributed by atoms with E-state index in [-0.39, 0.29) is 5.96 Å². The molecule has 0 amide bonds. The number of rotatable bonds is 5. The molecule has 0 atom stereocenters. The van der Waals surface area contributed by atoms with E-state index in [1.54, 1.807) is 11.3 Å². The van der Waals surface area contributed by atoms with Crippen molar-refractivity contribution in [3.63, 3.8) is 0 Å².